The molecule has 0 saturated carbocycles. The summed E-state index contributed by atoms with van der Waals surface area (Å²) in [5.74, 6) is 0.611. The molecule has 0 unspecified atom stereocenters. The number of nitrogens with zero attached hydrogens (tertiary/aromatic N) is 4. The first-order valence-electron chi connectivity index (χ1n) is 11.8. The number of carbonyl (C=O) groups is 2. The second kappa shape index (κ2) is 9.33. The number of rotatable bonds is 5. The molecule has 0 spiro atoms. The highest BCUT2D eigenvalue weighted by molar-refractivity contribution is 5.83. The van der Waals surface area contributed by atoms with Gasteiger partial charge in [0.05, 0.1) is 11.0 Å². The number of fused-ring (bicyclic) bond motifs is 1. The number of para-hydroxylation sites is 2. The van der Waals surface area contributed by atoms with Crippen molar-refractivity contribution in [2.45, 2.75) is 51.1 Å². The van der Waals surface area contributed by atoms with Crippen molar-refractivity contribution in [3.05, 3.63) is 65.7 Å². The van der Waals surface area contributed by atoms with Crippen molar-refractivity contribution in [1.29, 1.82) is 0 Å². The number of amides is 2. The zero-order valence-electron chi connectivity index (χ0n) is 18.8. The molecular formula is C26H29FN4O2. The molecule has 3 heterocycles. The SMILES string of the molecule is O=C(Cn1c([C@H]2CC(=O)N(Cc3ccc(F)cc3)C2)nc2ccccc21)N1CCCCCC1. The Bertz CT molecular complexity index is 1150. The maximum absolute atomic E-state index is 13.2. The summed E-state index contributed by atoms with van der Waals surface area (Å²) in [6.45, 7) is 2.86. The maximum Gasteiger partial charge on any atom is 0.242 e. The van der Waals surface area contributed by atoms with Crippen LogP contribution in [0.2, 0.25) is 0 Å². The lowest BCUT2D eigenvalue weighted by Crippen LogP contribution is -2.35. The summed E-state index contributed by atoms with van der Waals surface area (Å²) >= 11 is 0. The normalized spacial score (nSPS) is 19.3. The Hall–Kier alpha value is -3.22. The standard InChI is InChI=1S/C26H29FN4O2/c27-21-11-9-19(10-12-21)16-30-17-20(15-24(30)32)26-28-22-7-3-4-8-23(22)31(26)18-25(33)29-13-5-1-2-6-14-29/h3-4,7-12,20H,1-2,5-6,13-18H2/t20-/m0/s1. The summed E-state index contributed by atoms with van der Waals surface area (Å²) in [7, 11) is 0. The van der Waals surface area contributed by atoms with Gasteiger partial charge in [0, 0.05) is 38.5 Å². The summed E-state index contributed by atoms with van der Waals surface area (Å²) in [4.78, 5) is 34.6. The second-order valence-electron chi connectivity index (χ2n) is 9.14. The van der Waals surface area contributed by atoms with Gasteiger partial charge in [0.25, 0.3) is 0 Å². The largest absolute Gasteiger partial charge is 0.341 e. The second-order valence-corrected chi connectivity index (χ2v) is 9.14. The number of likely N-dealkylation sites (tertiary alicyclic amines) is 2. The molecule has 2 amide bonds. The molecule has 6 nitrogen and oxygen atoms in total. The van der Waals surface area contributed by atoms with Crippen molar-refractivity contribution in [3.8, 4) is 0 Å². The predicted octanol–water partition coefficient (Wildman–Crippen LogP) is 4.09. The van der Waals surface area contributed by atoms with Gasteiger partial charge in [-0.05, 0) is 42.7 Å². The van der Waals surface area contributed by atoms with Crippen LogP contribution in [-0.4, -0.2) is 50.8 Å². The van der Waals surface area contributed by atoms with E-state index in [0.29, 0.717) is 19.5 Å². The third-order valence-corrected chi connectivity index (χ3v) is 6.80. The Morgan fingerprint density at radius 3 is 2.48 bits per heavy atom. The predicted molar refractivity (Wildman–Crippen MR) is 124 cm³/mol. The van der Waals surface area contributed by atoms with Gasteiger partial charge in [0.1, 0.15) is 18.2 Å². The lowest BCUT2D eigenvalue weighted by Gasteiger charge is -2.22. The van der Waals surface area contributed by atoms with Crippen molar-refractivity contribution in [2.24, 2.45) is 0 Å². The van der Waals surface area contributed by atoms with Crippen LogP contribution in [0.3, 0.4) is 0 Å². The van der Waals surface area contributed by atoms with Gasteiger partial charge in [0.2, 0.25) is 11.8 Å². The van der Waals surface area contributed by atoms with Crippen molar-refractivity contribution in [3.63, 3.8) is 0 Å². The van der Waals surface area contributed by atoms with Crippen LogP contribution < -0.4 is 0 Å². The fourth-order valence-corrected chi connectivity index (χ4v) is 5.04. The van der Waals surface area contributed by atoms with Crippen molar-refractivity contribution >= 4 is 22.8 Å². The van der Waals surface area contributed by atoms with Crippen LogP contribution in [0.15, 0.2) is 48.5 Å². The zero-order chi connectivity index (χ0) is 22.8. The van der Waals surface area contributed by atoms with Gasteiger partial charge >= 0.3 is 0 Å². The zero-order valence-corrected chi connectivity index (χ0v) is 18.8. The minimum absolute atomic E-state index is 0.0572. The minimum atomic E-state index is -0.285. The molecule has 3 aromatic rings. The van der Waals surface area contributed by atoms with Crippen LogP contribution in [0.5, 0.6) is 0 Å². The molecule has 2 aromatic carbocycles. The minimum Gasteiger partial charge on any atom is -0.341 e. The Labute approximate surface area is 193 Å². The maximum atomic E-state index is 13.2. The van der Waals surface area contributed by atoms with Crippen molar-refractivity contribution < 1.29 is 14.0 Å². The van der Waals surface area contributed by atoms with E-state index in [1.165, 1.54) is 25.0 Å². The molecule has 1 aromatic heterocycles. The van der Waals surface area contributed by atoms with Gasteiger partial charge in [-0.3, -0.25) is 9.59 Å². The molecule has 0 N–H and O–H groups in total. The summed E-state index contributed by atoms with van der Waals surface area (Å²) < 4.78 is 15.3. The van der Waals surface area contributed by atoms with E-state index in [2.05, 4.69) is 0 Å². The van der Waals surface area contributed by atoms with Gasteiger partial charge in [0.15, 0.2) is 0 Å². The van der Waals surface area contributed by atoms with E-state index in [9.17, 15) is 14.0 Å². The van der Waals surface area contributed by atoms with Crippen LogP contribution in [0, 0.1) is 5.82 Å². The fourth-order valence-electron chi connectivity index (χ4n) is 5.04. The molecule has 2 fully saturated rings. The Morgan fingerprint density at radius 2 is 1.73 bits per heavy atom. The number of halogens is 1. The highest BCUT2D eigenvalue weighted by atomic mass is 19.1. The number of imidazole rings is 1. The van der Waals surface area contributed by atoms with E-state index in [0.717, 1.165) is 48.4 Å². The monoisotopic (exact) mass is 448 g/mol. The molecule has 0 aliphatic carbocycles. The molecule has 0 radical (unpaired) electrons. The van der Waals surface area contributed by atoms with E-state index >= 15 is 0 Å². The van der Waals surface area contributed by atoms with Crippen LogP contribution in [0.1, 0.15) is 49.4 Å². The topological polar surface area (TPSA) is 58.4 Å². The number of benzene rings is 2. The van der Waals surface area contributed by atoms with Gasteiger partial charge < -0.3 is 14.4 Å². The van der Waals surface area contributed by atoms with Crippen LogP contribution in [-0.2, 0) is 22.7 Å². The summed E-state index contributed by atoms with van der Waals surface area (Å²) in [5, 5.41) is 0. The van der Waals surface area contributed by atoms with Crippen molar-refractivity contribution in [1.82, 2.24) is 19.4 Å². The van der Waals surface area contributed by atoms with E-state index in [1.54, 1.807) is 17.0 Å². The quantitative estimate of drug-likeness (QED) is 0.591. The Morgan fingerprint density at radius 1 is 1.00 bits per heavy atom. The van der Waals surface area contributed by atoms with Crippen LogP contribution in [0.25, 0.3) is 11.0 Å². The summed E-state index contributed by atoms with van der Waals surface area (Å²) in [5.41, 5.74) is 2.68. The molecule has 0 bridgehead atoms. The summed E-state index contributed by atoms with van der Waals surface area (Å²) in [6, 6.07) is 14.1. The Kier molecular flexibility index (Phi) is 6.11. The smallest absolute Gasteiger partial charge is 0.242 e. The van der Waals surface area contributed by atoms with E-state index in [4.69, 9.17) is 4.98 Å². The lowest BCUT2D eigenvalue weighted by molar-refractivity contribution is -0.131. The number of carbonyl (C=O) groups excluding carboxylic acids is 2. The average molecular weight is 449 g/mol. The summed E-state index contributed by atoms with van der Waals surface area (Å²) in [6.07, 6.45) is 4.83. The van der Waals surface area contributed by atoms with Gasteiger partial charge in [-0.1, -0.05) is 37.1 Å². The highest BCUT2D eigenvalue weighted by Gasteiger charge is 2.34. The van der Waals surface area contributed by atoms with E-state index in [1.807, 2.05) is 33.7 Å². The molecule has 2 aliphatic rings. The lowest BCUT2D eigenvalue weighted by atomic mass is 10.1. The number of hydrogen-bond acceptors (Lipinski definition) is 3. The average Bonchev–Trinajstić information content (AvgIpc) is 3.22. The highest BCUT2D eigenvalue weighted by Crippen LogP contribution is 2.31. The fraction of sp³-hybridized carbons (Fsp3) is 0.423. The molecule has 1 atom stereocenters. The van der Waals surface area contributed by atoms with E-state index < -0.39 is 0 Å². The third-order valence-electron chi connectivity index (χ3n) is 6.80. The first kappa shape index (κ1) is 21.6. The molecular weight excluding hydrogens is 419 g/mol. The molecule has 172 valence electrons. The molecule has 5 rings (SSSR count). The molecule has 2 aliphatic heterocycles. The first-order chi connectivity index (χ1) is 16.1. The van der Waals surface area contributed by atoms with Gasteiger partial charge in [-0.2, -0.15) is 0 Å². The van der Waals surface area contributed by atoms with Gasteiger partial charge in [-0.15, -0.1) is 0 Å². The number of hydrogen-bond donors (Lipinski definition) is 0. The third kappa shape index (κ3) is 4.63. The number of aromatic nitrogens is 2. The Balaban J connectivity index is 1.39. The molecule has 2 saturated heterocycles. The van der Waals surface area contributed by atoms with E-state index in [-0.39, 0.29) is 30.1 Å². The van der Waals surface area contributed by atoms with Crippen molar-refractivity contribution in [2.75, 3.05) is 19.6 Å². The van der Waals surface area contributed by atoms with Crippen LogP contribution in [0.4, 0.5) is 4.39 Å². The molecule has 33 heavy (non-hydrogen) atoms. The van der Waals surface area contributed by atoms with Crippen LogP contribution >= 0.6 is 0 Å². The first-order valence-corrected chi connectivity index (χ1v) is 11.8. The molecule has 7 heteroatoms. The van der Waals surface area contributed by atoms with Gasteiger partial charge in [-0.25, -0.2) is 9.37 Å².